The summed E-state index contributed by atoms with van der Waals surface area (Å²) in [6.07, 6.45) is 4.28. The van der Waals surface area contributed by atoms with Crippen LogP contribution in [0.1, 0.15) is 39.5 Å². The van der Waals surface area contributed by atoms with Crippen molar-refractivity contribution in [2.75, 3.05) is 0 Å². The van der Waals surface area contributed by atoms with Crippen LogP contribution in [0.5, 0.6) is 0 Å². The first-order valence-corrected chi connectivity index (χ1v) is 6.05. The molecule has 76 valence electrons. The minimum absolute atomic E-state index is 1.02. The van der Waals surface area contributed by atoms with E-state index >= 15 is 0 Å². The van der Waals surface area contributed by atoms with E-state index in [0.717, 1.165) is 35.5 Å². The van der Waals surface area contributed by atoms with Gasteiger partial charge in [-0.15, -0.1) is 0 Å². The zero-order valence-corrected chi connectivity index (χ0v) is 10.1. The average molecular weight is 218 g/mol. The Hall–Kier alpha value is 0.140. The van der Waals surface area contributed by atoms with Crippen molar-refractivity contribution in [1.29, 1.82) is 0 Å². The molecule has 0 spiro atoms. The molecule has 0 aromatic heterocycles. The first-order chi connectivity index (χ1) is 6.20. The summed E-state index contributed by atoms with van der Waals surface area (Å²) in [5, 5.41) is 0. The van der Waals surface area contributed by atoms with Crippen LogP contribution in [-0.4, -0.2) is 0 Å². The molecule has 0 aromatic carbocycles. The lowest BCUT2D eigenvalue weighted by Gasteiger charge is -2.03. The second kappa shape index (κ2) is 8.73. The average Bonchev–Trinajstić information content (AvgIpc) is 2.05. The van der Waals surface area contributed by atoms with Gasteiger partial charge < -0.3 is 0 Å². The van der Waals surface area contributed by atoms with Gasteiger partial charge in [-0.05, 0) is 12.8 Å². The summed E-state index contributed by atoms with van der Waals surface area (Å²) in [7, 11) is 0. The molecular weight excluding hydrogens is 200 g/mol. The fourth-order valence-electron chi connectivity index (χ4n) is 0.754. The molecule has 0 aliphatic heterocycles. The molecule has 3 heteroatoms. The lowest BCUT2D eigenvalue weighted by Crippen LogP contribution is -1.76. The molecular formula is C10H18OS2. The molecule has 0 atom stereocenters. The third kappa shape index (κ3) is 8.47. The largest absolute Gasteiger partial charge is 0.238 e. The fourth-order valence-corrected chi connectivity index (χ4v) is 2.24. The van der Waals surface area contributed by atoms with E-state index < -0.39 is 0 Å². The van der Waals surface area contributed by atoms with Crippen molar-refractivity contribution in [1.82, 2.24) is 0 Å². The van der Waals surface area contributed by atoms with Gasteiger partial charge in [0.2, 0.25) is 0 Å². The lowest BCUT2D eigenvalue weighted by atomic mass is 10.3. The number of allylic oxidation sites excluding steroid dienone is 2. The summed E-state index contributed by atoms with van der Waals surface area (Å²) in [6.45, 7) is 12.0. The summed E-state index contributed by atoms with van der Waals surface area (Å²) in [5.41, 5.74) is 0. The van der Waals surface area contributed by atoms with Gasteiger partial charge in [0.15, 0.2) is 0 Å². The number of hydrogen-bond donors (Lipinski definition) is 0. The van der Waals surface area contributed by atoms with E-state index in [0.29, 0.717) is 0 Å². The predicted molar refractivity (Wildman–Crippen MR) is 64.4 cm³/mol. The molecule has 0 heterocycles. The maximum atomic E-state index is 5.30. The van der Waals surface area contributed by atoms with Crippen LogP contribution in [0.15, 0.2) is 23.0 Å². The highest BCUT2D eigenvalue weighted by atomic mass is 32.2. The van der Waals surface area contributed by atoms with Crippen LogP contribution in [0.4, 0.5) is 0 Å². The summed E-state index contributed by atoms with van der Waals surface area (Å²) in [4.78, 5) is 2.17. The summed E-state index contributed by atoms with van der Waals surface area (Å²) in [5.74, 6) is 0. The van der Waals surface area contributed by atoms with Gasteiger partial charge in [0.05, 0.1) is 0 Å². The Labute approximate surface area is 90.4 Å². The van der Waals surface area contributed by atoms with Crippen LogP contribution in [0, 0.1) is 0 Å². The molecule has 0 bridgehead atoms. The van der Waals surface area contributed by atoms with Gasteiger partial charge in [-0.25, -0.2) is 3.63 Å². The van der Waals surface area contributed by atoms with Crippen molar-refractivity contribution in [2.24, 2.45) is 0 Å². The van der Waals surface area contributed by atoms with Gasteiger partial charge >= 0.3 is 0 Å². The molecule has 0 aliphatic carbocycles. The molecule has 0 amide bonds. The van der Waals surface area contributed by atoms with Gasteiger partial charge in [-0.3, -0.25) is 0 Å². The lowest BCUT2D eigenvalue weighted by molar-refractivity contribution is 0.759. The Bertz CT molecular complexity index is 148. The second-order valence-electron chi connectivity index (χ2n) is 2.81. The molecule has 13 heavy (non-hydrogen) atoms. The van der Waals surface area contributed by atoms with Gasteiger partial charge in [-0.2, -0.15) is 0 Å². The van der Waals surface area contributed by atoms with Crippen molar-refractivity contribution in [2.45, 2.75) is 39.5 Å². The van der Waals surface area contributed by atoms with Crippen molar-refractivity contribution in [3.8, 4) is 0 Å². The second-order valence-corrected chi connectivity index (χ2v) is 4.84. The molecule has 0 aromatic rings. The Balaban J connectivity index is 3.33. The predicted octanol–water partition coefficient (Wildman–Crippen LogP) is 4.93. The Kier molecular flexibility index (Phi) is 8.82. The molecule has 0 N–H and O–H groups in total. The summed E-state index contributed by atoms with van der Waals surface area (Å²) < 4.78 is 5.30. The van der Waals surface area contributed by atoms with Crippen LogP contribution >= 0.6 is 24.1 Å². The summed E-state index contributed by atoms with van der Waals surface area (Å²) in [6, 6.07) is 0. The van der Waals surface area contributed by atoms with E-state index in [4.69, 9.17) is 3.63 Å². The van der Waals surface area contributed by atoms with E-state index in [9.17, 15) is 0 Å². The van der Waals surface area contributed by atoms with E-state index in [1.807, 2.05) is 0 Å². The Morgan fingerprint density at radius 2 is 1.38 bits per heavy atom. The molecule has 0 unspecified atom stereocenters. The monoisotopic (exact) mass is 218 g/mol. The van der Waals surface area contributed by atoms with Crippen LogP contribution in [0.2, 0.25) is 0 Å². The maximum Gasteiger partial charge on any atom is 0.0396 e. The van der Waals surface area contributed by atoms with E-state index in [1.165, 1.54) is 24.1 Å². The van der Waals surface area contributed by atoms with E-state index in [1.54, 1.807) is 0 Å². The normalized spacial score (nSPS) is 10.0. The zero-order valence-electron chi connectivity index (χ0n) is 8.47. The molecule has 0 rings (SSSR count). The van der Waals surface area contributed by atoms with Crippen molar-refractivity contribution < 1.29 is 3.63 Å². The third-order valence-corrected chi connectivity index (χ3v) is 2.79. The SMILES string of the molecule is C=C(CCC)SOSC(=C)CCC. The molecule has 1 nitrogen and oxygen atoms in total. The molecule has 0 radical (unpaired) electrons. The van der Waals surface area contributed by atoms with E-state index in [-0.39, 0.29) is 0 Å². The highest BCUT2D eigenvalue weighted by Gasteiger charge is 1.98. The maximum absolute atomic E-state index is 5.30. The standard InChI is InChI=1S/C10H18OS2/c1-5-7-9(3)12-11-13-10(4)8-6-2/h3-8H2,1-2H3. The van der Waals surface area contributed by atoms with Crippen LogP contribution < -0.4 is 0 Å². The smallest absolute Gasteiger partial charge is 0.0396 e. The molecule has 0 fully saturated rings. The quantitative estimate of drug-likeness (QED) is 0.535. The molecule has 0 saturated carbocycles. The first-order valence-electron chi connectivity index (χ1n) is 4.57. The third-order valence-electron chi connectivity index (χ3n) is 1.36. The minimum atomic E-state index is 1.02. The Morgan fingerprint density at radius 1 is 1.00 bits per heavy atom. The highest BCUT2D eigenvalue weighted by molar-refractivity contribution is 8.11. The number of hydrogen-bond acceptors (Lipinski definition) is 3. The molecule has 0 saturated heterocycles. The zero-order chi connectivity index (χ0) is 10.1. The van der Waals surface area contributed by atoms with Crippen molar-refractivity contribution in [3.63, 3.8) is 0 Å². The van der Waals surface area contributed by atoms with Gasteiger partial charge in [-0.1, -0.05) is 39.8 Å². The highest BCUT2D eigenvalue weighted by Crippen LogP contribution is 2.30. The van der Waals surface area contributed by atoms with Gasteiger partial charge in [0.25, 0.3) is 0 Å². The van der Waals surface area contributed by atoms with Crippen molar-refractivity contribution in [3.05, 3.63) is 23.0 Å². The first kappa shape index (κ1) is 13.1. The fraction of sp³-hybridized carbons (Fsp3) is 0.600. The van der Waals surface area contributed by atoms with Crippen LogP contribution in [-0.2, 0) is 3.63 Å². The van der Waals surface area contributed by atoms with Gasteiger partial charge in [0, 0.05) is 33.9 Å². The van der Waals surface area contributed by atoms with Crippen molar-refractivity contribution >= 4 is 24.1 Å². The topological polar surface area (TPSA) is 9.23 Å². The minimum Gasteiger partial charge on any atom is -0.238 e. The van der Waals surface area contributed by atoms with Crippen LogP contribution in [0.25, 0.3) is 0 Å². The van der Waals surface area contributed by atoms with E-state index in [2.05, 4.69) is 27.0 Å². The van der Waals surface area contributed by atoms with Crippen LogP contribution in [0.3, 0.4) is 0 Å². The van der Waals surface area contributed by atoms with Gasteiger partial charge in [0.1, 0.15) is 0 Å². The summed E-state index contributed by atoms with van der Waals surface area (Å²) >= 11 is 2.73. The molecule has 0 aliphatic rings. The Morgan fingerprint density at radius 3 is 1.69 bits per heavy atom. The number of rotatable bonds is 8.